The molecule has 1 rings (SSSR count). The van der Waals surface area contributed by atoms with Gasteiger partial charge in [0.05, 0.1) is 0 Å². The molecule has 1 aliphatic rings. The van der Waals surface area contributed by atoms with Gasteiger partial charge >= 0.3 is 12.0 Å². The number of carboxylic acids is 1. The van der Waals surface area contributed by atoms with Gasteiger partial charge in [0.25, 0.3) is 0 Å². The minimum Gasteiger partial charge on any atom is -0.480 e. The van der Waals surface area contributed by atoms with Crippen molar-refractivity contribution in [2.75, 3.05) is 33.7 Å². The van der Waals surface area contributed by atoms with Gasteiger partial charge in [0, 0.05) is 20.1 Å². The molecule has 17 heavy (non-hydrogen) atoms. The zero-order chi connectivity index (χ0) is 13.0. The van der Waals surface area contributed by atoms with E-state index in [-0.39, 0.29) is 6.03 Å². The van der Waals surface area contributed by atoms with E-state index in [1.165, 1.54) is 6.92 Å². The van der Waals surface area contributed by atoms with Crippen LogP contribution in [-0.2, 0) is 4.79 Å². The van der Waals surface area contributed by atoms with Gasteiger partial charge in [0.15, 0.2) is 0 Å². The molecule has 1 aliphatic heterocycles. The summed E-state index contributed by atoms with van der Waals surface area (Å²) in [4.78, 5) is 26.1. The van der Waals surface area contributed by atoms with Crippen LogP contribution < -0.4 is 5.32 Å². The first-order valence-corrected chi connectivity index (χ1v) is 5.83. The molecule has 1 unspecified atom stereocenters. The lowest BCUT2D eigenvalue weighted by molar-refractivity contribution is -0.138. The highest BCUT2D eigenvalue weighted by atomic mass is 16.4. The van der Waals surface area contributed by atoms with Crippen LogP contribution in [0.3, 0.4) is 0 Å². The first kappa shape index (κ1) is 13.8. The minimum absolute atomic E-state index is 0.325. The summed E-state index contributed by atoms with van der Waals surface area (Å²) >= 11 is 0. The normalized spacial score (nSPS) is 22.2. The molecule has 2 N–H and O–H groups in total. The number of hydrogen-bond acceptors (Lipinski definition) is 3. The Morgan fingerprint density at radius 2 is 2.24 bits per heavy atom. The van der Waals surface area contributed by atoms with E-state index in [1.807, 2.05) is 0 Å². The standard InChI is InChI=1S/C11H21N3O3/c1-8(10(15)16)12-11(17)14(3)7-9-4-5-13(2)6-9/h8-9H,4-7H2,1-3H3,(H,12,17)(H,15,16)/t8-,9?/m1/s1. The van der Waals surface area contributed by atoms with Crippen LogP contribution in [0.2, 0.25) is 0 Å². The summed E-state index contributed by atoms with van der Waals surface area (Å²) in [5, 5.41) is 11.1. The first-order valence-electron chi connectivity index (χ1n) is 5.83. The second-order valence-corrected chi connectivity index (χ2v) is 4.81. The van der Waals surface area contributed by atoms with E-state index in [0.29, 0.717) is 12.5 Å². The highest BCUT2D eigenvalue weighted by Gasteiger charge is 2.23. The maximum Gasteiger partial charge on any atom is 0.325 e. The predicted octanol–water partition coefficient (Wildman–Crippen LogP) is 0.0526. The second kappa shape index (κ2) is 5.86. The average molecular weight is 243 g/mol. The molecule has 0 spiro atoms. The molecule has 0 aromatic carbocycles. The van der Waals surface area contributed by atoms with Crippen molar-refractivity contribution in [3.8, 4) is 0 Å². The van der Waals surface area contributed by atoms with Crippen molar-refractivity contribution in [2.45, 2.75) is 19.4 Å². The van der Waals surface area contributed by atoms with Gasteiger partial charge in [0.1, 0.15) is 6.04 Å². The number of nitrogens with one attached hydrogen (secondary N) is 1. The van der Waals surface area contributed by atoms with Crippen molar-refractivity contribution in [3.05, 3.63) is 0 Å². The van der Waals surface area contributed by atoms with Gasteiger partial charge in [-0.2, -0.15) is 0 Å². The Bertz CT molecular complexity index is 296. The molecule has 0 bridgehead atoms. The molecular formula is C11H21N3O3. The molecule has 0 saturated carbocycles. The van der Waals surface area contributed by atoms with Crippen molar-refractivity contribution >= 4 is 12.0 Å². The van der Waals surface area contributed by atoms with E-state index in [9.17, 15) is 9.59 Å². The molecule has 6 nitrogen and oxygen atoms in total. The number of carbonyl (C=O) groups excluding carboxylic acids is 1. The number of rotatable bonds is 4. The van der Waals surface area contributed by atoms with Crippen LogP contribution in [0.15, 0.2) is 0 Å². The molecule has 1 heterocycles. The van der Waals surface area contributed by atoms with Crippen molar-refractivity contribution in [3.63, 3.8) is 0 Å². The first-order chi connectivity index (χ1) is 7.90. The van der Waals surface area contributed by atoms with E-state index in [2.05, 4.69) is 17.3 Å². The van der Waals surface area contributed by atoms with E-state index in [0.717, 1.165) is 19.5 Å². The molecular weight excluding hydrogens is 222 g/mol. The summed E-state index contributed by atoms with van der Waals surface area (Å²) in [6, 6.07) is -1.18. The van der Waals surface area contributed by atoms with E-state index < -0.39 is 12.0 Å². The lowest BCUT2D eigenvalue weighted by Gasteiger charge is -2.22. The molecule has 6 heteroatoms. The molecule has 2 amide bonds. The quantitative estimate of drug-likeness (QED) is 0.732. The number of amides is 2. The van der Waals surface area contributed by atoms with Crippen LogP contribution in [-0.4, -0.2) is 66.7 Å². The number of nitrogens with zero attached hydrogens (tertiary/aromatic N) is 2. The fourth-order valence-electron chi connectivity index (χ4n) is 2.00. The van der Waals surface area contributed by atoms with Gasteiger partial charge in [-0.1, -0.05) is 0 Å². The third-order valence-corrected chi connectivity index (χ3v) is 3.08. The molecule has 0 aliphatic carbocycles. The van der Waals surface area contributed by atoms with Gasteiger partial charge in [-0.05, 0) is 32.9 Å². The Morgan fingerprint density at radius 3 is 2.71 bits per heavy atom. The van der Waals surface area contributed by atoms with Crippen molar-refractivity contribution in [2.24, 2.45) is 5.92 Å². The molecule has 0 aromatic rings. The van der Waals surface area contributed by atoms with Crippen LogP contribution in [0.25, 0.3) is 0 Å². The van der Waals surface area contributed by atoms with Gasteiger partial charge in [-0.15, -0.1) is 0 Å². The number of hydrogen-bond donors (Lipinski definition) is 2. The molecule has 98 valence electrons. The number of carbonyl (C=O) groups is 2. The Kier molecular flexibility index (Phi) is 4.74. The Hall–Kier alpha value is -1.30. The van der Waals surface area contributed by atoms with E-state index in [1.54, 1.807) is 11.9 Å². The van der Waals surface area contributed by atoms with Gasteiger partial charge in [0.2, 0.25) is 0 Å². The molecule has 0 aromatic heterocycles. The fourth-order valence-corrected chi connectivity index (χ4v) is 2.00. The number of likely N-dealkylation sites (tertiary alicyclic amines) is 1. The van der Waals surface area contributed by atoms with Crippen molar-refractivity contribution in [1.29, 1.82) is 0 Å². The van der Waals surface area contributed by atoms with Crippen LogP contribution in [0.4, 0.5) is 4.79 Å². The molecule has 2 atom stereocenters. The lowest BCUT2D eigenvalue weighted by Crippen LogP contribution is -2.46. The largest absolute Gasteiger partial charge is 0.480 e. The Balaban J connectivity index is 2.34. The monoisotopic (exact) mass is 243 g/mol. The zero-order valence-electron chi connectivity index (χ0n) is 10.6. The SMILES string of the molecule is C[C@@H](NC(=O)N(C)CC1CCN(C)C1)C(=O)O. The van der Waals surface area contributed by atoms with E-state index >= 15 is 0 Å². The lowest BCUT2D eigenvalue weighted by atomic mass is 10.1. The number of urea groups is 1. The van der Waals surface area contributed by atoms with Crippen molar-refractivity contribution in [1.82, 2.24) is 15.1 Å². The zero-order valence-corrected chi connectivity index (χ0v) is 10.6. The van der Waals surface area contributed by atoms with Crippen LogP contribution in [0.5, 0.6) is 0 Å². The third kappa shape index (κ3) is 4.22. The van der Waals surface area contributed by atoms with Crippen LogP contribution in [0, 0.1) is 5.92 Å². The Morgan fingerprint density at radius 1 is 1.59 bits per heavy atom. The fraction of sp³-hybridized carbons (Fsp3) is 0.818. The molecule has 1 saturated heterocycles. The summed E-state index contributed by atoms with van der Waals surface area (Å²) in [5.41, 5.74) is 0. The average Bonchev–Trinajstić information content (AvgIpc) is 2.63. The summed E-state index contributed by atoms with van der Waals surface area (Å²) in [6.07, 6.45) is 1.09. The number of aliphatic carboxylic acids is 1. The van der Waals surface area contributed by atoms with Gasteiger partial charge in [-0.25, -0.2) is 4.79 Å². The summed E-state index contributed by atoms with van der Waals surface area (Å²) < 4.78 is 0. The van der Waals surface area contributed by atoms with Crippen molar-refractivity contribution < 1.29 is 14.7 Å². The van der Waals surface area contributed by atoms with Gasteiger partial charge in [-0.3, -0.25) is 4.79 Å². The number of carboxylic acid groups (broad SMARTS) is 1. The van der Waals surface area contributed by atoms with E-state index in [4.69, 9.17) is 5.11 Å². The maximum absolute atomic E-state index is 11.7. The Labute approximate surface area is 102 Å². The highest BCUT2D eigenvalue weighted by molar-refractivity contribution is 5.82. The third-order valence-electron chi connectivity index (χ3n) is 3.08. The smallest absolute Gasteiger partial charge is 0.325 e. The molecule has 0 radical (unpaired) electrons. The topological polar surface area (TPSA) is 72.9 Å². The summed E-state index contributed by atoms with van der Waals surface area (Å²) in [7, 11) is 3.76. The van der Waals surface area contributed by atoms with Crippen LogP contribution >= 0.6 is 0 Å². The maximum atomic E-state index is 11.7. The second-order valence-electron chi connectivity index (χ2n) is 4.81. The highest BCUT2D eigenvalue weighted by Crippen LogP contribution is 2.14. The summed E-state index contributed by atoms with van der Waals surface area (Å²) in [5.74, 6) is -0.539. The minimum atomic E-state index is -1.02. The summed E-state index contributed by atoms with van der Waals surface area (Å²) in [6.45, 7) is 4.18. The predicted molar refractivity (Wildman–Crippen MR) is 63.9 cm³/mol. The molecule has 1 fully saturated rings. The van der Waals surface area contributed by atoms with Gasteiger partial charge < -0.3 is 20.2 Å². The van der Waals surface area contributed by atoms with Crippen LogP contribution in [0.1, 0.15) is 13.3 Å².